The van der Waals surface area contributed by atoms with Gasteiger partial charge in [0, 0.05) is 5.92 Å². The number of ether oxygens (including phenoxy) is 2. The van der Waals surface area contributed by atoms with E-state index in [2.05, 4.69) is 13.8 Å². The molecule has 0 aromatic rings. The molecule has 1 saturated carbocycles. The van der Waals surface area contributed by atoms with Gasteiger partial charge in [-0.15, -0.1) is 0 Å². The number of unbranched alkanes of at least 4 members (excludes halogenated alkanes) is 3. The number of hydrogen-bond donors (Lipinski definition) is 1. The molecule has 1 aliphatic rings. The summed E-state index contributed by atoms with van der Waals surface area (Å²) in [6, 6.07) is 0. The third kappa shape index (κ3) is 4.82. The van der Waals surface area contributed by atoms with Crippen LogP contribution in [0.5, 0.6) is 0 Å². The first-order valence-corrected chi connectivity index (χ1v) is 9.01. The summed E-state index contributed by atoms with van der Waals surface area (Å²) in [7, 11) is 2.54. The highest BCUT2D eigenvalue weighted by molar-refractivity contribution is 6.04. The van der Waals surface area contributed by atoms with Crippen molar-refractivity contribution in [2.75, 3.05) is 14.2 Å². The molecule has 5 nitrogen and oxygen atoms in total. The number of carbonyl (C=O) groups excluding carboxylic acids is 2. The fraction of sp³-hybridized carbons (Fsp3) is 0.789. The molecule has 0 bridgehead atoms. The first-order valence-electron chi connectivity index (χ1n) is 9.01. The molecule has 0 heterocycles. The first kappa shape index (κ1) is 20.7. The summed E-state index contributed by atoms with van der Waals surface area (Å²) in [6.45, 7) is 4.26. The van der Waals surface area contributed by atoms with Crippen molar-refractivity contribution in [2.45, 2.75) is 64.9 Å². The maximum atomic E-state index is 11.9. The standard InChI is InChI=1S/C19H32O5/c1-5-7-8-9-10-14(6-2)16(20)12-11-15-13-19(15,17(21)23-3)18(22)24-4/h11-12,14-16,20H,5-10,13H2,1-4H3. The Kier molecular flexibility index (Phi) is 8.46. The summed E-state index contributed by atoms with van der Waals surface area (Å²) in [5.74, 6) is -1.18. The van der Waals surface area contributed by atoms with Gasteiger partial charge in [-0.1, -0.05) is 58.1 Å². The molecule has 0 aliphatic heterocycles. The fourth-order valence-electron chi connectivity index (χ4n) is 3.29. The number of allylic oxidation sites excluding steroid dienone is 1. The predicted molar refractivity (Wildman–Crippen MR) is 92.3 cm³/mol. The lowest BCUT2D eigenvalue weighted by Crippen LogP contribution is -2.30. The minimum Gasteiger partial charge on any atom is -0.468 e. The van der Waals surface area contributed by atoms with Crippen LogP contribution in [0.4, 0.5) is 0 Å². The van der Waals surface area contributed by atoms with Crippen molar-refractivity contribution in [3.05, 3.63) is 12.2 Å². The van der Waals surface area contributed by atoms with Crippen molar-refractivity contribution in [3.63, 3.8) is 0 Å². The highest BCUT2D eigenvalue weighted by Crippen LogP contribution is 2.55. The summed E-state index contributed by atoms with van der Waals surface area (Å²) < 4.78 is 9.49. The minimum atomic E-state index is -1.22. The van der Waals surface area contributed by atoms with E-state index in [9.17, 15) is 14.7 Å². The van der Waals surface area contributed by atoms with Gasteiger partial charge in [0.1, 0.15) is 0 Å². The van der Waals surface area contributed by atoms with Crippen LogP contribution in [0, 0.1) is 17.3 Å². The molecule has 0 spiro atoms. The SMILES string of the molecule is CCCCCCC(CC)C(O)C=CC1CC1(C(=O)OC)C(=O)OC. The largest absolute Gasteiger partial charge is 0.468 e. The van der Waals surface area contributed by atoms with Gasteiger partial charge < -0.3 is 14.6 Å². The van der Waals surface area contributed by atoms with E-state index in [4.69, 9.17) is 9.47 Å². The van der Waals surface area contributed by atoms with Gasteiger partial charge in [0.05, 0.1) is 20.3 Å². The summed E-state index contributed by atoms with van der Waals surface area (Å²) >= 11 is 0. The number of aliphatic hydroxyl groups is 1. The van der Waals surface area contributed by atoms with Crippen LogP contribution in [-0.4, -0.2) is 37.4 Å². The van der Waals surface area contributed by atoms with E-state index >= 15 is 0 Å². The molecule has 3 unspecified atom stereocenters. The quantitative estimate of drug-likeness (QED) is 0.270. The molecule has 5 heteroatoms. The Morgan fingerprint density at radius 3 is 2.29 bits per heavy atom. The van der Waals surface area contributed by atoms with Crippen LogP contribution in [0.2, 0.25) is 0 Å². The van der Waals surface area contributed by atoms with E-state index in [1.807, 2.05) is 0 Å². The third-order valence-electron chi connectivity index (χ3n) is 5.09. The van der Waals surface area contributed by atoms with Crippen LogP contribution in [0.1, 0.15) is 58.8 Å². The Morgan fingerprint density at radius 2 is 1.79 bits per heavy atom. The van der Waals surface area contributed by atoms with E-state index in [0.717, 1.165) is 19.3 Å². The lowest BCUT2D eigenvalue weighted by molar-refractivity contribution is -0.161. The fourth-order valence-corrected chi connectivity index (χ4v) is 3.29. The van der Waals surface area contributed by atoms with Crippen LogP contribution in [-0.2, 0) is 19.1 Å². The molecule has 1 N–H and O–H groups in total. The number of aliphatic hydroxyl groups excluding tert-OH is 1. The van der Waals surface area contributed by atoms with Crippen molar-refractivity contribution >= 4 is 11.9 Å². The predicted octanol–water partition coefficient (Wildman–Crippen LogP) is 3.25. The third-order valence-corrected chi connectivity index (χ3v) is 5.09. The molecule has 0 aromatic heterocycles. The Bertz CT molecular complexity index is 427. The molecule has 0 radical (unpaired) electrons. The maximum absolute atomic E-state index is 11.9. The van der Waals surface area contributed by atoms with Crippen LogP contribution in [0.25, 0.3) is 0 Å². The molecule has 1 rings (SSSR count). The topological polar surface area (TPSA) is 72.8 Å². The maximum Gasteiger partial charge on any atom is 0.323 e. The van der Waals surface area contributed by atoms with Gasteiger partial charge in [-0.05, 0) is 18.8 Å². The Labute approximate surface area is 145 Å². The first-order chi connectivity index (χ1) is 11.5. The molecule has 24 heavy (non-hydrogen) atoms. The van der Waals surface area contributed by atoms with Gasteiger partial charge in [0.15, 0.2) is 5.41 Å². The van der Waals surface area contributed by atoms with Crippen molar-refractivity contribution in [1.82, 2.24) is 0 Å². The van der Waals surface area contributed by atoms with E-state index in [1.54, 1.807) is 12.2 Å². The summed E-state index contributed by atoms with van der Waals surface area (Å²) in [5.41, 5.74) is -1.22. The number of hydrogen-bond acceptors (Lipinski definition) is 5. The molecule has 1 fully saturated rings. The molecular formula is C19H32O5. The van der Waals surface area contributed by atoms with E-state index in [-0.39, 0.29) is 11.8 Å². The van der Waals surface area contributed by atoms with Crippen LogP contribution < -0.4 is 0 Å². The van der Waals surface area contributed by atoms with Gasteiger partial charge in [0.25, 0.3) is 0 Å². The van der Waals surface area contributed by atoms with Gasteiger partial charge in [-0.25, -0.2) is 0 Å². The van der Waals surface area contributed by atoms with Gasteiger partial charge in [-0.2, -0.15) is 0 Å². The molecule has 0 amide bonds. The number of methoxy groups -OCH3 is 2. The Hall–Kier alpha value is -1.36. The average Bonchev–Trinajstić information content (AvgIpc) is 3.34. The zero-order valence-electron chi connectivity index (χ0n) is 15.4. The second kappa shape index (κ2) is 9.82. The average molecular weight is 340 g/mol. The lowest BCUT2D eigenvalue weighted by atomic mass is 9.92. The normalized spacial score (nSPS) is 21.3. The van der Waals surface area contributed by atoms with Gasteiger partial charge >= 0.3 is 11.9 Å². The molecule has 138 valence electrons. The smallest absolute Gasteiger partial charge is 0.323 e. The molecule has 0 saturated heterocycles. The van der Waals surface area contributed by atoms with Crippen LogP contribution >= 0.6 is 0 Å². The highest BCUT2D eigenvalue weighted by atomic mass is 16.5. The van der Waals surface area contributed by atoms with E-state index in [1.165, 1.54) is 33.5 Å². The Morgan fingerprint density at radius 1 is 1.17 bits per heavy atom. The van der Waals surface area contributed by atoms with E-state index < -0.39 is 23.5 Å². The monoisotopic (exact) mass is 340 g/mol. The molecule has 1 aliphatic carbocycles. The Balaban J connectivity index is 2.61. The summed E-state index contributed by atoms with van der Waals surface area (Å²) in [4.78, 5) is 23.8. The number of carbonyl (C=O) groups is 2. The highest BCUT2D eigenvalue weighted by Gasteiger charge is 2.66. The summed E-state index contributed by atoms with van der Waals surface area (Å²) in [5, 5.41) is 10.4. The molecule has 3 atom stereocenters. The van der Waals surface area contributed by atoms with Crippen molar-refractivity contribution in [3.8, 4) is 0 Å². The summed E-state index contributed by atoms with van der Waals surface area (Å²) in [6.07, 6.45) is 9.96. The second-order valence-electron chi connectivity index (χ2n) is 6.66. The molecule has 0 aromatic carbocycles. The molecular weight excluding hydrogens is 308 g/mol. The van der Waals surface area contributed by atoms with Crippen LogP contribution in [0.15, 0.2) is 12.2 Å². The number of rotatable bonds is 11. The van der Waals surface area contributed by atoms with Crippen molar-refractivity contribution in [1.29, 1.82) is 0 Å². The minimum absolute atomic E-state index is 0.211. The van der Waals surface area contributed by atoms with Crippen molar-refractivity contribution < 1.29 is 24.2 Å². The van der Waals surface area contributed by atoms with Crippen LogP contribution in [0.3, 0.4) is 0 Å². The zero-order valence-corrected chi connectivity index (χ0v) is 15.4. The van der Waals surface area contributed by atoms with Crippen molar-refractivity contribution in [2.24, 2.45) is 17.3 Å². The van der Waals surface area contributed by atoms with E-state index in [0.29, 0.717) is 6.42 Å². The second-order valence-corrected chi connectivity index (χ2v) is 6.66. The van der Waals surface area contributed by atoms with Gasteiger partial charge in [-0.3, -0.25) is 9.59 Å². The van der Waals surface area contributed by atoms with Gasteiger partial charge in [0.2, 0.25) is 0 Å². The zero-order chi connectivity index (χ0) is 18.2. The number of esters is 2. The lowest BCUT2D eigenvalue weighted by Gasteiger charge is -2.19.